The quantitative estimate of drug-likeness (QED) is 0.843. The molecule has 0 saturated carbocycles. The lowest BCUT2D eigenvalue weighted by Crippen LogP contribution is -2.44. The number of likely N-dealkylation sites (tertiary alicyclic amines) is 1. The highest BCUT2D eigenvalue weighted by Crippen LogP contribution is 2.21. The van der Waals surface area contributed by atoms with Gasteiger partial charge in [-0.3, -0.25) is 14.6 Å². The topological polar surface area (TPSA) is 76.3 Å². The van der Waals surface area contributed by atoms with Gasteiger partial charge in [-0.1, -0.05) is 0 Å². The zero-order chi connectivity index (χ0) is 14.5. The van der Waals surface area contributed by atoms with E-state index in [1.54, 1.807) is 29.1 Å². The molecule has 0 aromatic carbocycles. The van der Waals surface area contributed by atoms with Crippen molar-refractivity contribution in [3.63, 3.8) is 0 Å². The van der Waals surface area contributed by atoms with Crippen molar-refractivity contribution in [2.45, 2.75) is 24.2 Å². The molecule has 1 aromatic heterocycles. The monoisotopic (exact) mass is 293 g/mol. The molecule has 5 nitrogen and oxygen atoms in total. The smallest absolute Gasteiger partial charge is 0.227 e. The van der Waals surface area contributed by atoms with Gasteiger partial charge in [0, 0.05) is 30.4 Å². The highest BCUT2D eigenvalue weighted by atomic mass is 32.2. The lowest BCUT2D eigenvalue weighted by molar-refractivity contribution is -0.134. The normalized spacial score (nSPS) is 18.9. The third-order valence-corrected chi connectivity index (χ3v) is 4.42. The predicted octanol–water partition coefficient (Wildman–Crippen LogP) is 1.07. The second-order valence-electron chi connectivity index (χ2n) is 4.95. The van der Waals surface area contributed by atoms with Gasteiger partial charge >= 0.3 is 0 Å². The minimum Gasteiger partial charge on any atom is -0.369 e. The number of primary amides is 1. The van der Waals surface area contributed by atoms with Gasteiger partial charge in [0.15, 0.2) is 0 Å². The summed E-state index contributed by atoms with van der Waals surface area (Å²) in [6.45, 7) is 1.16. The summed E-state index contributed by atoms with van der Waals surface area (Å²) in [4.78, 5) is 30.4. The summed E-state index contributed by atoms with van der Waals surface area (Å²) in [7, 11) is 0. The summed E-state index contributed by atoms with van der Waals surface area (Å²) >= 11 is 1.58. The molecule has 0 radical (unpaired) electrons. The van der Waals surface area contributed by atoms with Crippen molar-refractivity contribution >= 4 is 23.6 Å². The van der Waals surface area contributed by atoms with E-state index in [1.807, 2.05) is 12.3 Å². The van der Waals surface area contributed by atoms with Crippen LogP contribution >= 0.6 is 11.8 Å². The second-order valence-corrected chi connectivity index (χ2v) is 5.79. The highest BCUT2D eigenvalue weighted by Gasteiger charge is 2.27. The molecule has 1 aliphatic rings. The van der Waals surface area contributed by atoms with E-state index in [-0.39, 0.29) is 17.7 Å². The van der Waals surface area contributed by atoms with Crippen LogP contribution in [0, 0.1) is 5.92 Å². The third-order valence-electron chi connectivity index (χ3n) is 3.61. The SMILES string of the molecule is CSc1cnccc1CC(=O)N1CCC[C@H](C(N)=O)C1. The van der Waals surface area contributed by atoms with Crippen LogP contribution < -0.4 is 5.73 Å². The number of rotatable bonds is 4. The highest BCUT2D eigenvalue weighted by molar-refractivity contribution is 7.98. The maximum absolute atomic E-state index is 12.3. The Bertz CT molecular complexity index is 507. The van der Waals surface area contributed by atoms with E-state index in [1.165, 1.54) is 0 Å². The van der Waals surface area contributed by atoms with Gasteiger partial charge in [0.1, 0.15) is 0 Å². The largest absolute Gasteiger partial charge is 0.369 e. The van der Waals surface area contributed by atoms with E-state index >= 15 is 0 Å². The van der Waals surface area contributed by atoms with E-state index < -0.39 is 0 Å². The van der Waals surface area contributed by atoms with E-state index in [0.29, 0.717) is 19.5 Å². The van der Waals surface area contributed by atoms with Gasteiger partial charge in [0.2, 0.25) is 11.8 Å². The van der Waals surface area contributed by atoms with Crippen LogP contribution in [0.5, 0.6) is 0 Å². The average Bonchev–Trinajstić information content (AvgIpc) is 2.48. The average molecular weight is 293 g/mol. The molecule has 2 amide bonds. The number of hydrogen-bond donors (Lipinski definition) is 1. The Hall–Kier alpha value is -1.56. The molecule has 0 bridgehead atoms. The maximum atomic E-state index is 12.3. The molecular weight excluding hydrogens is 274 g/mol. The fourth-order valence-electron chi connectivity index (χ4n) is 2.45. The van der Waals surface area contributed by atoms with Gasteiger partial charge in [-0.05, 0) is 30.7 Å². The molecule has 0 spiro atoms. The standard InChI is InChI=1S/C14H19N3O2S/c1-20-12-8-16-5-4-10(12)7-13(18)17-6-2-3-11(9-17)14(15)19/h4-5,8,11H,2-3,6-7,9H2,1H3,(H2,15,19)/t11-/m0/s1. The van der Waals surface area contributed by atoms with Crippen molar-refractivity contribution in [3.05, 3.63) is 24.0 Å². The van der Waals surface area contributed by atoms with Gasteiger partial charge in [-0.25, -0.2) is 0 Å². The van der Waals surface area contributed by atoms with Crippen molar-refractivity contribution in [2.75, 3.05) is 19.3 Å². The molecular formula is C14H19N3O2S. The first kappa shape index (κ1) is 14.8. The minimum absolute atomic E-state index is 0.0532. The van der Waals surface area contributed by atoms with Crippen LogP contribution in [-0.4, -0.2) is 41.0 Å². The zero-order valence-corrected chi connectivity index (χ0v) is 12.4. The molecule has 2 N–H and O–H groups in total. The van der Waals surface area contributed by atoms with Crippen molar-refractivity contribution in [3.8, 4) is 0 Å². The lowest BCUT2D eigenvalue weighted by Gasteiger charge is -2.31. The summed E-state index contributed by atoms with van der Waals surface area (Å²) in [5, 5.41) is 0. The fraction of sp³-hybridized carbons (Fsp3) is 0.500. The molecule has 2 heterocycles. The van der Waals surface area contributed by atoms with Crippen LogP contribution in [0.1, 0.15) is 18.4 Å². The van der Waals surface area contributed by atoms with Crippen LogP contribution in [0.15, 0.2) is 23.4 Å². The molecule has 0 aliphatic carbocycles. The van der Waals surface area contributed by atoms with Gasteiger partial charge in [0.25, 0.3) is 0 Å². The third kappa shape index (κ3) is 3.50. The van der Waals surface area contributed by atoms with Crippen LogP contribution in [0.25, 0.3) is 0 Å². The van der Waals surface area contributed by atoms with Crippen LogP contribution in [0.4, 0.5) is 0 Å². The molecule has 1 atom stereocenters. The van der Waals surface area contributed by atoms with Crippen LogP contribution in [0.2, 0.25) is 0 Å². The number of piperidine rings is 1. The van der Waals surface area contributed by atoms with Gasteiger partial charge in [-0.15, -0.1) is 11.8 Å². The summed E-state index contributed by atoms with van der Waals surface area (Å²) in [5.74, 6) is -0.459. The molecule has 1 saturated heterocycles. The van der Waals surface area contributed by atoms with E-state index in [4.69, 9.17) is 5.73 Å². The molecule has 1 aromatic rings. The summed E-state index contributed by atoms with van der Waals surface area (Å²) in [5.41, 5.74) is 6.32. The number of amides is 2. The Kier molecular flexibility index (Phi) is 5.00. The number of aromatic nitrogens is 1. The van der Waals surface area contributed by atoms with E-state index in [0.717, 1.165) is 23.3 Å². The molecule has 0 unspecified atom stereocenters. The number of hydrogen-bond acceptors (Lipinski definition) is 4. The molecule has 1 aliphatic heterocycles. The number of nitrogens with zero attached hydrogens (tertiary/aromatic N) is 2. The fourth-order valence-corrected chi connectivity index (χ4v) is 3.02. The lowest BCUT2D eigenvalue weighted by atomic mass is 9.97. The molecule has 108 valence electrons. The number of carbonyl (C=O) groups excluding carboxylic acids is 2. The first-order valence-corrected chi connectivity index (χ1v) is 7.88. The van der Waals surface area contributed by atoms with E-state index in [2.05, 4.69) is 4.98 Å². The minimum atomic E-state index is -0.309. The Balaban J connectivity index is 2.02. The van der Waals surface area contributed by atoms with Gasteiger partial charge in [0.05, 0.1) is 12.3 Å². The second kappa shape index (κ2) is 6.74. The predicted molar refractivity (Wildman–Crippen MR) is 78.2 cm³/mol. The van der Waals surface area contributed by atoms with Crippen molar-refractivity contribution in [1.29, 1.82) is 0 Å². The Labute approximate surface area is 122 Å². The number of pyridine rings is 1. The van der Waals surface area contributed by atoms with Crippen molar-refractivity contribution in [1.82, 2.24) is 9.88 Å². The Morgan fingerprint density at radius 1 is 1.55 bits per heavy atom. The number of thioether (sulfide) groups is 1. The summed E-state index contributed by atoms with van der Waals surface area (Å²) in [6.07, 6.45) is 7.41. The summed E-state index contributed by atoms with van der Waals surface area (Å²) in [6, 6.07) is 1.87. The first-order chi connectivity index (χ1) is 9.61. The first-order valence-electron chi connectivity index (χ1n) is 6.65. The number of carbonyl (C=O) groups is 2. The van der Waals surface area contributed by atoms with Gasteiger partial charge < -0.3 is 10.6 Å². The number of nitrogens with two attached hydrogens (primary N) is 1. The van der Waals surface area contributed by atoms with Crippen LogP contribution in [0.3, 0.4) is 0 Å². The molecule has 1 fully saturated rings. The molecule has 6 heteroatoms. The zero-order valence-electron chi connectivity index (χ0n) is 11.5. The van der Waals surface area contributed by atoms with Gasteiger partial charge in [-0.2, -0.15) is 0 Å². The Morgan fingerprint density at radius 2 is 2.35 bits per heavy atom. The summed E-state index contributed by atoms with van der Waals surface area (Å²) < 4.78 is 0. The van der Waals surface area contributed by atoms with Crippen molar-refractivity contribution < 1.29 is 9.59 Å². The maximum Gasteiger partial charge on any atom is 0.227 e. The Morgan fingerprint density at radius 3 is 3.05 bits per heavy atom. The van der Waals surface area contributed by atoms with Crippen molar-refractivity contribution in [2.24, 2.45) is 11.7 Å². The van der Waals surface area contributed by atoms with E-state index in [9.17, 15) is 9.59 Å². The molecule has 20 heavy (non-hydrogen) atoms. The molecule has 2 rings (SSSR count). The van der Waals surface area contributed by atoms with Crippen LogP contribution in [-0.2, 0) is 16.0 Å².